The van der Waals surface area contributed by atoms with E-state index >= 15 is 0 Å². The molecule has 0 rings (SSSR count). The van der Waals surface area contributed by atoms with Crippen molar-refractivity contribution in [2.75, 3.05) is 0 Å². The molecule has 0 spiro atoms. The highest BCUT2D eigenvalue weighted by Crippen LogP contribution is 2.25. The first kappa shape index (κ1) is 12.4. The van der Waals surface area contributed by atoms with Crippen molar-refractivity contribution >= 4 is 0 Å². The van der Waals surface area contributed by atoms with Gasteiger partial charge in [-0.25, -0.2) is 0 Å². The van der Waals surface area contributed by atoms with Crippen LogP contribution in [0.15, 0.2) is 24.3 Å². The van der Waals surface area contributed by atoms with E-state index in [1.54, 1.807) is 6.08 Å². The predicted molar refractivity (Wildman–Crippen MR) is 58.6 cm³/mol. The highest BCUT2D eigenvalue weighted by Gasteiger charge is 2.25. The van der Waals surface area contributed by atoms with Gasteiger partial charge in [0.2, 0.25) is 0 Å². The average molecular weight is 182 g/mol. The third kappa shape index (κ3) is 4.28. The van der Waals surface area contributed by atoms with Crippen LogP contribution in [0, 0.1) is 5.92 Å². The van der Waals surface area contributed by atoms with Crippen LogP contribution >= 0.6 is 0 Å². The van der Waals surface area contributed by atoms with Crippen molar-refractivity contribution in [1.29, 1.82) is 0 Å². The standard InChI is InChI=1S/C12H22O/c1-6-11(9-8-10(3)4)12(5,13)7-2/h7-8,11,13H,2,6,9H2,1,3-5H3. The van der Waals surface area contributed by atoms with Crippen molar-refractivity contribution in [2.45, 2.75) is 46.1 Å². The van der Waals surface area contributed by atoms with Gasteiger partial charge in [-0.05, 0) is 39.5 Å². The van der Waals surface area contributed by atoms with Crippen molar-refractivity contribution in [3.05, 3.63) is 24.3 Å². The van der Waals surface area contributed by atoms with Crippen molar-refractivity contribution in [2.24, 2.45) is 5.92 Å². The molecule has 2 atom stereocenters. The minimum atomic E-state index is -0.735. The van der Waals surface area contributed by atoms with E-state index in [0.29, 0.717) is 0 Å². The summed E-state index contributed by atoms with van der Waals surface area (Å²) in [6.07, 6.45) is 5.72. The lowest BCUT2D eigenvalue weighted by molar-refractivity contribution is 0.0456. The molecule has 0 aromatic carbocycles. The molecular formula is C12H22O. The van der Waals surface area contributed by atoms with E-state index in [2.05, 4.69) is 33.4 Å². The molecule has 1 N–H and O–H groups in total. The van der Waals surface area contributed by atoms with Gasteiger partial charge in [-0.2, -0.15) is 0 Å². The molecule has 0 radical (unpaired) electrons. The molecule has 0 heterocycles. The molecule has 76 valence electrons. The van der Waals surface area contributed by atoms with Crippen LogP contribution in [0.5, 0.6) is 0 Å². The maximum atomic E-state index is 9.95. The summed E-state index contributed by atoms with van der Waals surface area (Å²) in [7, 11) is 0. The summed E-state index contributed by atoms with van der Waals surface area (Å²) >= 11 is 0. The normalized spacial score (nSPS) is 17.3. The molecule has 1 nitrogen and oxygen atoms in total. The summed E-state index contributed by atoms with van der Waals surface area (Å²) in [6, 6.07) is 0. The van der Waals surface area contributed by atoms with Gasteiger partial charge in [0.1, 0.15) is 0 Å². The Hall–Kier alpha value is -0.560. The van der Waals surface area contributed by atoms with Gasteiger partial charge in [0.25, 0.3) is 0 Å². The number of aliphatic hydroxyl groups is 1. The molecule has 0 saturated heterocycles. The Labute approximate surface area is 82.2 Å². The molecule has 2 unspecified atom stereocenters. The first-order valence-corrected chi connectivity index (χ1v) is 4.93. The quantitative estimate of drug-likeness (QED) is 0.647. The summed E-state index contributed by atoms with van der Waals surface area (Å²) in [5.41, 5.74) is 0.569. The van der Waals surface area contributed by atoms with E-state index in [1.165, 1.54) is 5.57 Å². The molecule has 0 bridgehead atoms. The van der Waals surface area contributed by atoms with Crippen molar-refractivity contribution in [3.8, 4) is 0 Å². The smallest absolute Gasteiger partial charge is 0.0827 e. The summed E-state index contributed by atoms with van der Waals surface area (Å²) < 4.78 is 0. The summed E-state index contributed by atoms with van der Waals surface area (Å²) in [5.74, 6) is 0.278. The third-order valence-electron chi connectivity index (χ3n) is 2.54. The van der Waals surface area contributed by atoms with Crippen LogP contribution in [0.4, 0.5) is 0 Å². The Morgan fingerprint density at radius 3 is 2.38 bits per heavy atom. The van der Waals surface area contributed by atoms with Crippen molar-refractivity contribution in [3.63, 3.8) is 0 Å². The maximum Gasteiger partial charge on any atom is 0.0827 e. The zero-order valence-electron chi connectivity index (χ0n) is 9.30. The van der Waals surface area contributed by atoms with E-state index < -0.39 is 5.60 Å². The SMILES string of the molecule is C=CC(C)(O)C(CC)CC=C(C)C. The fraction of sp³-hybridized carbons (Fsp3) is 0.667. The highest BCUT2D eigenvalue weighted by molar-refractivity contribution is 5.02. The molecular weight excluding hydrogens is 160 g/mol. The number of hydrogen-bond donors (Lipinski definition) is 1. The van der Waals surface area contributed by atoms with Crippen LogP contribution < -0.4 is 0 Å². The Morgan fingerprint density at radius 2 is 2.08 bits per heavy atom. The lowest BCUT2D eigenvalue weighted by Gasteiger charge is -2.28. The van der Waals surface area contributed by atoms with Gasteiger partial charge in [0.05, 0.1) is 5.60 Å². The van der Waals surface area contributed by atoms with Crippen molar-refractivity contribution < 1.29 is 5.11 Å². The molecule has 0 aliphatic rings. The monoisotopic (exact) mass is 182 g/mol. The molecule has 0 aromatic rings. The van der Waals surface area contributed by atoms with Crippen LogP contribution in [0.2, 0.25) is 0 Å². The van der Waals surface area contributed by atoms with Crippen molar-refractivity contribution in [1.82, 2.24) is 0 Å². The van der Waals surface area contributed by atoms with Crippen LogP contribution in [-0.4, -0.2) is 10.7 Å². The lowest BCUT2D eigenvalue weighted by atomic mass is 9.84. The first-order chi connectivity index (χ1) is 5.94. The Kier molecular flexibility index (Phi) is 5.01. The summed E-state index contributed by atoms with van der Waals surface area (Å²) in [6.45, 7) is 11.7. The minimum absolute atomic E-state index is 0.278. The van der Waals surface area contributed by atoms with Gasteiger partial charge in [-0.15, -0.1) is 6.58 Å². The predicted octanol–water partition coefficient (Wildman–Crippen LogP) is 3.31. The van der Waals surface area contributed by atoms with Crippen LogP contribution in [0.3, 0.4) is 0 Å². The molecule has 0 aliphatic heterocycles. The van der Waals surface area contributed by atoms with E-state index in [4.69, 9.17) is 0 Å². The Morgan fingerprint density at radius 1 is 1.54 bits per heavy atom. The first-order valence-electron chi connectivity index (χ1n) is 4.93. The van der Waals surface area contributed by atoms with Gasteiger partial charge >= 0.3 is 0 Å². The summed E-state index contributed by atoms with van der Waals surface area (Å²) in [4.78, 5) is 0. The maximum absolute atomic E-state index is 9.95. The number of hydrogen-bond acceptors (Lipinski definition) is 1. The molecule has 0 saturated carbocycles. The molecule has 0 fully saturated rings. The van der Waals surface area contributed by atoms with Crippen LogP contribution in [0.1, 0.15) is 40.5 Å². The zero-order chi connectivity index (χ0) is 10.5. The Balaban J connectivity index is 4.34. The number of rotatable bonds is 5. The van der Waals surface area contributed by atoms with Crippen LogP contribution in [0.25, 0.3) is 0 Å². The largest absolute Gasteiger partial charge is 0.386 e. The molecule has 0 aromatic heterocycles. The van der Waals surface area contributed by atoms with E-state index in [1.807, 2.05) is 6.92 Å². The second-order valence-corrected chi connectivity index (χ2v) is 4.05. The fourth-order valence-electron chi connectivity index (χ4n) is 1.36. The number of allylic oxidation sites excluding steroid dienone is 2. The second kappa shape index (κ2) is 5.23. The van der Waals surface area contributed by atoms with E-state index in [0.717, 1.165) is 12.8 Å². The van der Waals surface area contributed by atoms with Gasteiger partial charge in [0, 0.05) is 0 Å². The van der Waals surface area contributed by atoms with Gasteiger partial charge in [-0.1, -0.05) is 24.6 Å². The molecule has 1 heteroatoms. The Bertz CT molecular complexity index is 185. The topological polar surface area (TPSA) is 20.2 Å². The fourth-order valence-corrected chi connectivity index (χ4v) is 1.36. The minimum Gasteiger partial charge on any atom is -0.386 e. The van der Waals surface area contributed by atoms with Gasteiger partial charge in [0.15, 0.2) is 0 Å². The average Bonchev–Trinajstić information content (AvgIpc) is 2.04. The molecule has 0 aliphatic carbocycles. The van der Waals surface area contributed by atoms with Crippen LogP contribution in [-0.2, 0) is 0 Å². The second-order valence-electron chi connectivity index (χ2n) is 4.05. The lowest BCUT2D eigenvalue weighted by Crippen LogP contribution is -2.31. The third-order valence-corrected chi connectivity index (χ3v) is 2.54. The summed E-state index contributed by atoms with van der Waals surface area (Å²) in [5, 5.41) is 9.95. The van der Waals surface area contributed by atoms with Gasteiger partial charge < -0.3 is 5.11 Å². The molecule has 0 amide bonds. The van der Waals surface area contributed by atoms with Gasteiger partial charge in [-0.3, -0.25) is 0 Å². The van der Waals surface area contributed by atoms with E-state index in [9.17, 15) is 5.11 Å². The van der Waals surface area contributed by atoms with E-state index in [-0.39, 0.29) is 5.92 Å². The zero-order valence-corrected chi connectivity index (χ0v) is 9.30. The highest BCUT2D eigenvalue weighted by atomic mass is 16.3. The molecule has 13 heavy (non-hydrogen) atoms.